The van der Waals surface area contributed by atoms with Gasteiger partial charge in [-0.2, -0.15) is 0 Å². The maximum atomic E-state index is 12.1. The molecule has 0 aromatic rings. The monoisotopic (exact) mass is 354 g/mol. The topological polar surface area (TPSA) is 88.1 Å². The van der Waals surface area contributed by atoms with Gasteiger partial charge in [0.15, 0.2) is 0 Å². The minimum atomic E-state index is -0.864. The first kappa shape index (κ1) is 18.0. The largest absolute Gasteiger partial charge is 0.511 e. The van der Waals surface area contributed by atoms with E-state index in [-0.39, 0.29) is 18.0 Å². The van der Waals surface area contributed by atoms with Gasteiger partial charge >= 0.3 is 18.1 Å². The molecule has 4 aliphatic rings. The Labute approximate surface area is 147 Å². The first-order chi connectivity index (χ1) is 11.7. The summed E-state index contributed by atoms with van der Waals surface area (Å²) in [6, 6.07) is 0. The molecule has 2 aliphatic carbocycles. The van der Waals surface area contributed by atoms with E-state index in [0.29, 0.717) is 25.2 Å². The van der Waals surface area contributed by atoms with Gasteiger partial charge in [-0.3, -0.25) is 9.59 Å². The van der Waals surface area contributed by atoms with E-state index in [0.717, 1.165) is 19.3 Å². The molecular formula is C18H26O7. The van der Waals surface area contributed by atoms with Crippen molar-refractivity contribution in [1.82, 2.24) is 0 Å². The second-order valence-corrected chi connectivity index (χ2v) is 8.17. The Hall–Kier alpha value is -1.79. The van der Waals surface area contributed by atoms with Gasteiger partial charge in [-0.25, -0.2) is 4.79 Å². The van der Waals surface area contributed by atoms with Gasteiger partial charge in [-0.1, -0.05) is 6.92 Å². The fraction of sp³-hybridized carbons (Fsp3) is 0.833. The van der Waals surface area contributed by atoms with Crippen LogP contribution in [0.3, 0.4) is 0 Å². The summed E-state index contributed by atoms with van der Waals surface area (Å²) in [6.45, 7) is 4.95. The maximum Gasteiger partial charge on any atom is 0.511 e. The lowest BCUT2D eigenvalue weighted by Gasteiger charge is -2.44. The average molecular weight is 354 g/mol. The zero-order valence-corrected chi connectivity index (χ0v) is 15.0. The Bertz CT molecular complexity index is 570. The maximum absolute atomic E-state index is 12.1. The standard InChI is InChI=1S/C18H26O7/c1-4-17(2,3)15(20)22-10-23-16(21)25-18-7-11-5-12(8-18)14(19)24-13(6-11)9-18/h11-13H,4-10H2,1-3H3. The van der Waals surface area contributed by atoms with Crippen LogP contribution in [0.25, 0.3) is 0 Å². The SMILES string of the molecule is CCC(C)(C)C(=O)OCOC(=O)OC12CC3CC(C1)OC(=O)C(C3)C2. The fourth-order valence-corrected chi connectivity index (χ4v) is 4.18. The van der Waals surface area contributed by atoms with Crippen LogP contribution in [0.4, 0.5) is 4.79 Å². The van der Waals surface area contributed by atoms with Crippen molar-refractivity contribution < 1.29 is 33.3 Å². The van der Waals surface area contributed by atoms with Crippen molar-refractivity contribution in [3.63, 3.8) is 0 Å². The molecule has 0 amide bonds. The molecule has 4 fully saturated rings. The number of esters is 2. The number of hydrogen-bond donors (Lipinski definition) is 0. The number of carbonyl (C=O) groups excluding carboxylic acids is 3. The van der Waals surface area contributed by atoms with Crippen LogP contribution in [-0.2, 0) is 28.5 Å². The Morgan fingerprint density at radius 2 is 1.96 bits per heavy atom. The van der Waals surface area contributed by atoms with E-state index in [2.05, 4.69) is 0 Å². The van der Waals surface area contributed by atoms with E-state index in [4.69, 9.17) is 18.9 Å². The third-order valence-corrected chi connectivity index (χ3v) is 5.81. The number of rotatable bonds is 5. The van der Waals surface area contributed by atoms with Crippen molar-refractivity contribution >= 4 is 18.1 Å². The molecule has 4 rings (SSSR count). The first-order valence-corrected chi connectivity index (χ1v) is 8.96. The van der Waals surface area contributed by atoms with Gasteiger partial charge in [0.05, 0.1) is 11.3 Å². The smallest absolute Gasteiger partial charge is 0.462 e. The van der Waals surface area contributed by atoms with Crippen molar-refractivity contribution in [3.05, 3.63) is 0 Å². The number of fused-ring (bicyclic) bond motifs is 1. The lowest BCUT2D eigenvalue weighted by molar-refractivity contribution is -0.167. The zero-order chi connectivity index (χ0) is 18.2. The number of hydrogen-bond acceptors (Lipinski definition) is 7. The summed E-state index contributed by atoms with van der Waals surface area (Å²) in [7, 11) is 0. The van der Waals surface area contributed by atoms with E-state index in [1.165, 1.54) is 0 Å². The van der Waals surface area contributed by atoms with Gasteiger partial charge in [0, 0.05) is 12.8 Å². The van der Waals surface area contributed by atoms with Gasteiger partial charge in [0.25, 0.3) is 0 Å². The van der Waals surface area contributed by atoms with E-state index < -0.39 is 29.9 Å². The van der Waals surface area contributed by atoms with Crippen LogP contribution in [0.5, 0.6) is 0 Å². The predicted octanol–water partition coefficient (Wildman–Crippen LogP) is 2.95. The van der Waals surface area contributed by atoms with Crippen LogP contribution in [-0.4, -0.2) is 36.6 Å². The van der Waals surface area contributed by atoms with E-state index in [9.17, 15) is 14.4 Å². The zero-order valence-electron chi connectivity index (χ0n) is 15.0. The third kappa shape index (κ3) is 3.75. The lowest BCUT2D eigenvalue weighted by Crippen LogP contribution is -2.48. The fourth-order valence-electron chi connectivity index (χ4n) is 4.18. The molecule has 0 aromatic carbocycles. The molecule has 7 heteroatoms. The highest BCUT2D eigenvalue weighted by Gasteiger charge is 2.55. The summed E-state index contributed by atoms with van der Waals surface area (Å²) in [5, 5.41) is 0. The van der Waals surface area contributed by atoms with Crippen molar-refractivity contribution in [2.24, 2.45) is 17.3 Å². The third-order valence-electron chi connectivity index (χ3n) is 5.81. The molecule has 0 aromatic heterocycles. The van der Waals surface area contributed by atoms with E-state index in [1.807, 2.05) is 6.92 Å². The number of ether oxygens (including phenoxy) is 4. The molecule has 4 bridgehead atoms. The van der Waals surface area contributed by atoms with E-state index in [1.54, 1.807) is 13.8 Å². The van der Waals surface area contributed by atoms with Crippen molar-refractivity contribution in [2.75, 3.05) is 6.79 Å². The molecular weight excluding hydrogens is 328 g/mol. The summed E-state index contributed by atoms with van der Waals surface area (Å²) < 4.78 is 21.0. The van der Waals surface area contributed by atoms with Crippen LogP contribution < -0.4 is 0 Å². The summed E-state index contributed by atoms with van der Waals surface area (Å²) in [5.41, 5.74) is -1.32. The van der Waals surface area contributed by atoms with Gasteiger partial charge < -0.3 is 18.9 Å². The van der Waals surface area contributed by atoms with Gasteiger partial charge in [-0.15, -0.1) is 0 Å². The molecule has 4 atom stereocenters. The average Bonchev–Trinajstić information content (AvgIpc) is 2.68. The highest BCUT2D eigenvalue weighted by atomic mass is 16.8. The first-order valence-electron chi connectivity index (χ1n) is 8.96. The summed E-state index contributed by atoms with van der Waals surface area (Å²) in [4.78, 5) is 35.9. The summed E-state index contributed by atoms with van der Waals surface area (Å²) in [5.74, 6) is -0.475. The molecule has 25 heavy (non-hydrogen) atoms. The highest BCUT2D eigenvalue weighted by molar-refractivity contribution is 5.76. The molecule has 2 heterocycles. The van der Waals surface area contributed by atoms with Crippen molar-refractivity contribution in [2.45, 2.75) is 71.0 Å². The minimum absolute atomic E-state index is 0.179. The normalized spacial score (nSPS) is 33.4. The van der Waals surface area contributed by atoms with Crippen LogP contribution in [0, 0.1) is 17.3 Å². The summed E-state index contributed by atoms with van der Waals surface area (Å²) in [6.07, 6.45) is 2.95. The second kappa shape index (κ2) is 6.50. The van der Waals surface area contributed by atoms with Crippen molar-refractivity contribution in [1.29, 1.82) is 0 Å². The quantitative estimate of drug-likeness (QED) is 0.426. The van der Waals surface area contributed by atoms with E-state index >= 15 is 0 Å². The van der Waals surface area contributed by atoms with Crippen LogP contribution in [0.2, 0.25) is 0 Å². The molecule has 0 N–H and O–H groups in total. The summed E-state index contributed by atoms with van der Waals surface area (Å²) >= 11 is 0. The molecule has 0 spiro atoms. The number of carbonyl (C=O) groups is 3. The second-order valence-electron chi connectivity index (χ2n) is 8.17. The Morgan fingerprint density at radius 1 is 1.20 bits per heavy atom. The molecule has 2 saturated carbocycles. The molecule has 2 saturated heterocycles. The van der Waals surface area contributed by atoms with Crippen LogP contribution in [0.1, 0.15) is 59.3 Å². The molecule has 4 unspecified atom stereocenters. The van der Waals surface area contributed by atoms with Crippen LogP contribution in [0.15, 0.2) is 0 Å². The van der Waals surface area contributed by atoms with Gasteiger partial charge in [0.1, 0.15) is 11.7 Å². The highest BCUT2D eigenvalue weighted by Crippen LogP contribution is 2.51. The van der Waals surface area contributed by atoms with Gasteiger partial charge in [-0.05, 0) is 45.4 Å². The minimum Gasteiger partial charge on any atom is -0.462 e. The molecule has 0 radical (unpaired) electrons. The Kier molecular flexibility index (Phi) is 4.68. The Morgan fingerprint density at radius 3 is 2.68 bits per heavy atom. The molecule has 7 nitrogen and oxygen atoms in total. The molecule has 140 valence electrons. The van der Waals surface area contributed by atoms with Gasteiger partial charge in [0.2, 0.25) is 6.79 Å². The molecule has 2 aliphatic heterocycles. The van der Waals surface area contributed by atoms with Crippen molar-refractivity contribution in [3.8, 4) is 0 Å². The lowest BCUT2D eigenvalue weighted by atomic mass is 9.65. The predicted molar refractivity (Wildman–Crippen MR) is 85.3 cm³/mol. The Balaban J connectivity index is 1.53. The van der Waals surface area contributed by atoms with Crippen LogP contribution >= 0.6 is 0 Å².